The maximum atomic E-state index is 13.1. The van der Waals surface area contributed by atoms with Crippen molar-refractivity contribution < 1.29 is 14.7 Å². The van der Waals surface area contributed by atoms with E-state index in [0.29, 0.717) is 36.0 Å². The molecule has 1 aliphatic rings. The average molecular weight is 437 g/mol. The monoisotopic (exact) mass is 436 g/mol. The first-order chi connectivity index (χ1) is 15.1. The van der Waals surface area contributed by atoms with Gasteiger partial charge in [-0.2, -0.15) is 0 Å². The van der Waals surface area contributed by atoms with Gasteiger partial charge in [-0.25, -0.2) is 9.97 Å². The first-order valence-electron chi connectivity index (χ1n) is 11.0. The zero-order valence-electron chi connectivity index (χ0n) is 19.7. The molecule has 0 aliphatic carbocycles. The number of carbonyl (C=O) groups excluding carboxylic acids is 2. The van der Waals surface area contributed by atoms with Gasteiger partial charge in [-0.05, 0) is 58.0 Å². The molecule has 2 aromatic rings. The highest BCUT2D eigenvalue weighted by molar-refractivity contribution is 6.46. The zero-order chi connectivity index (χ0) is 23.6. The number of aryl methyl sites for hydroxylation is 2. The van der Waals surface area contributed by atoms with Crippen LogP contribution in [0.25, 0.3) is 5.76 Å². The van der Waals surface area contributed by atoms with E-state index < -0.39 is 17.7 Å². The molecule has 1 unspecified atom stereocenters. The highest BCUT2D eigenvalue weighted by Crippen LogP contribution is 2.40. The molecule has 32 heavy (non-hydrogen) atoms. The Morgan fingerprint density at radius 2 is 1.81 bits per heavy atom. The smallest absolute Gasteiger partial charge is 0.295 e. The van der Waals surface area contributed by atoms with Gasteiger partial charge < -0.3 is 14.9 Å². The molecule has 0 bridgehead atoms. The SMILES string of the molecule is Cc1ncc(C(O)=C2C(=O)C(=O)N(CCCN(C)C)C2c2ccc(C(C)C)cc2)c(C)n1. The molecule has 1 saturated heterocycles. The lowest BCUT2D eigenvalue weighted by atomic mass is 9.93. The van der Waals surface area contributed by atoms with Crippen LogP contribution in [0.2, 0.25) is 0 Å². The van der Waals surface area contributed by atoms with Crippen LogP contribution in [-0.2, 0) is 9.59 Å². The van der Waals surface area contributed by atoms with Gasteiger partial charge >= 0.3 is 0 Å². The van der Waals surface area contributed by atoms with Crippen LogP contribution in [0.1, 0.15) is 60.4 Å². The summed E-state index contributed by atoms with van der Waals surface area (Å²) in [4.78, 5) is 38.2. The van der Waals surface area contributed by atoms with Crippen molar-refractivity contribution in [2.45, 2.75) is 46.1 Å². The van der Waals surface area contributed by atoms with Crippen LogP contribution in [-0.4, -0.2) is 63.7 Å². The van der Waals surface area contributed by atoms with Crippen LogP contribution < -0.4 is 0 Å². The molecule has 1 aliphatic heterocycles. The molecule has 3 rings (SSSR count). The molecule has 1 fully saturated rings. The molecule has 0 saturated carbocycles. The van der Waals surface area contributed by atoms with Crippen molar-refractivity contribution in [1.82, 2.24) is 19.8 Å². The number of aliphatic hydroxyl groups is 1. The Morgan fingerprint density at radius 1 is 1.16 bits per heavy atom. The predicted octanol–water partition coefficient (Wildman–Crippen LogP) is 3.59. The minimum absolute atomic E-state index is 0.0905. The average Bonchev–Trinajstić information content (AvgIpc) is 2.98. The van der Waals surface area contributed by atoms with Crippen LogP contribution >= 0.6 is 0 Å². The van der Waals surface area contributed by atoms with E-state index in [2.05, 4.69) is 23.8 Å². The largest absolute Gasteiger partial charge is 0.507 e. The van der Waals surface area contributed by atoms with Gasteiger partial charge in [0.25, 0.3) is 11.7 Å². The second kappa shape index (κ2) is 9.61. The molecule has 7 heteroatoms. The number of amides is 1. The number of likely N-dealkylation sites (tertiary alicyclic amines) is 1. The number of aromatic nitrogens is 2. The summed E-state index contributed by atoms with van der Waals surface area (Å²) in [7, 11) is 3.94. The number of Topliss-reactive ketones (excluding diaryl/α,β-unsaturated/α-hetero) is 1. The molecule has 0 spiro atoms. The number of hydrogen-bond donors (Lipinski definition) is 1. The van der Waals surface area contributed by atoms with Crippen LogP contribution in [0.4, 0.5) is 0 Å². The molecule has 1 N–H and O–H groups in total. The fourth-order valence-electron chi connectivity index (χ4n) is 4.04. The quantitative estimate of drug-likeness (QED) is 0.406. The number of benzene rings is 1. The lowest BCUT2D eigenvalue weighted by molar-refractivity contribution is -0.139. The molecule has 1 atom stereocenters. The Bertz CT molecular complexity index is 1040. The van der Waals surface area contributed by atoms with Crippen LogP contribution in [0.5, 0.6) is 0 Å². The summed E-state index contributed by atoms with van der Waals surface area (Å²) in [6.07, 6.45) is 2.22. The molecule has 1 amide bonds. The minimum atomic E-state index is -0.676. The summed E-state index contributed by atoms with van der Waals surface area (Å²) < 4.78 is 0. The van der Waals surface area contributed by atoms with Crippen LogP contribution in [0.3, 0.4) is 0 Å². The molecule has 170 valence electrons. The minimum Gasteiger partial charge on any atom is -0.507 e. The Kier molecular flexibility index (Phi) is 7.09. The van der Waals surface area contributed by atoms with Crippen LogP contribution in [0, 0.1) is 13.8 Å². The first kappa shape index (κ1) is 23.6. The number of carbonyl (C=O) groups is 2. The van der Waals surface area contributed by atoms with Gasteiger partial charge in [-0.3, -0.25) is 9.59 Å². The van der Waals surface area contributed by atoms with Gasteiger partial charge in [-0.15, -0.1) is 0 Å². The van der Waals surface area contributed by atoms with Crippen molar-refractivity contribution in [2.24, 2.45) is 0 Å². The maximum absolute atomic E-state index is 13.1. The van der Waals surface area contributed by atoms with E-state index in [9.17, 15) is 14.7 Å². The Hall–Kier alpha value is -3.06. The van der Waals surface area contributed by atoms with E-state index in [1.807, 2.05) is 43.3 Å². The summed E-state index contributed by atoms with van der Waals surface area (Å²) in [5.74, 6) is -0.556. The van der Waals surface area contributed by atoms with E-state index >= 15 is 0 Å². The number of rotatable bonds is 7. The second-order valence-corrected chi connectivity index (χ2v) is 8.89. The normalized spacial score (nSPS) is 18.2. The Morgan fingerprint density at radius 3 is 2.38 bits per heavy atom. The number of ketones is 1. The third kappa shape index (κ3) is 4.72. The van der Waals surface area contributed by atoms with E-state index in [1.54, 1.807) is 18.7 Å². The van der Waals surface area contributed by atoms with Crippen molar-refractivity contribution in [3.8, 4) is 0 Å². The van der Waals surface area contributed by atoms with E-state index in [4.69, 9.17) is 0 Å². The molecular weight excluding hydrogens is 404 g/mol. The highest BCUT2D eigenvalue weighted by Gasteiger charge is 2.46. The molecule has 7 nitrogen and oxygen atoms in total. The van der Waals surface area contributed by atoms with Gasteiger partial charge in [-0.1, -0.05) is 38.1 Å². The Labute approximate surface area is 189 Å². The zero-order valence-corrected chi connectivity index (χ0v) is 19.7. The topological polar surface area (TPSA) is 86.6 Å². The standard InChI is InChI=1S/C25H32N4O3/c1-15(2)18-8-10-19(11-9-18)22-21(23(30)20-14-26-17(4)27-16(20)3)24(31)25(32)29(22)13-7-12-28(5)6/h8-11,14-15,22,30H,7,12-13H2,1-6H3. The number of nitrogens with zero attached hydrogens (tertiary/aromatic N) is 4. The molecular formula is C25H32N4O3. The number of aliphatic hydroxyl groups excluding tert-OH is 1. The van der Waals surface area contributed by atoms with Crippen molar-refractivity contribution in [3.05, 3.63) is 64.2 Å². The fraction of sp³-hybridized carbons (Fsp3) is 0.440. The van der Waals surface area contributed by atoms with Crippen molar-refractivity contribution in [1.29, 1.82) is 0 Å². The summed E-state index contributed by atoms with van der Waals surface area (Å²) in [6, 6.07) is 7.26. The van der Waals surface area contributed by atoms with Gasteiger partial charge in [0, 0.05) is 12.7 Å². The summed E-state index contributed by atoms with van der Waals surface area (Å²) in [5, 5.41) is 11.2. The molecule has 1 aromatic heterocycles. The summed E-state index contributed by atoms with van der Waals surface area (Å²) in [5.41, 5.74) is 2.98. The second-order valence-electron chi connectivity index (χ2n) is 8.89. The summed E-state index contributed by atoms with van der Waals surface area (Å²) >= 11 is 0. The fourth-order valence-corrected chi connectivity index (χ4v) is 4.04. The van der Waals surface area contributed by atoms with Crippen molar-refractivity contribution >= 4 is 17.4 Å². The van der Waals surface area contributed by atoms with E-state index in [0.717, 1.165) is 12.1 Å². The van der Waals surface area contributed by atoms with Gasteiger partial charge in [0.15, 0.2) is 0 Å². The van der Waals surface area contributed by atoms with Gasteiger partial charge in [0.05, 0.1) is 22.9 Å². The Balaban J connectivity index is 2.12. The predicted molar refractivity (Wildman–Crippen MR) is 124 cm³/mol. The third-order valence-electron chi connectivity index (χ3n) is 5.82. The molecule has 0 radical (unpaired) electrons. The number of hydrogen-bond acceptors (Lipinski definition) is 6. The summed E-state index contributed by atoms with van der Waals surface area (Å²) in [6.45, 7) is 8.94. The maximum Gasteiger partial charge on any atom is 0.295 e. The highest BCUT2D eigenvalue weighted by atomic mass is 16.3. The van der Waals surface area contributed by atoms with Gasteiger partial charge in [0.1, 0.15) is 11.6 Å². The van der Waals surface area contributed by atoms with Gasteiger partial charge in [0.2, 0.25) is 0 Å². The molecule has 2 heterocycles. The lowest BCUT2D eigenvalue weighted by Gasteiger charge is -2.26. The third-order valence-corrected chi connectivity index (χ3v) is 5.82. The molecule has 1 aromatic carbocycles. The van der Waals surface area contributed by atoms with E-state index in [1.165, 1.54) is 11.8 Å². The van der Waals surface area contributed by atoms with Crippen LogP contribution in [0.15, 0.2) is 36.0 Å². The van der Waals surface area contributed by atoms with Crippen molar-refractivity contribution in [3.63, 3.8) is 0 Å². The first-order valence-corrected chi connectivity index (χ1v) is 11.0. The van der Waals surface area contributed by atoms with Crippen molar-refractivity contribution in [2.75, 3.05) is 27.2 Å². The lowest BCUT2D eigenvalue weighted by Crippen LogP contribution is -2.32. The van der Waals surface area contributed by atoms with E-state index in [-0.39, 0.29) is 11.3 Å².